The first-order valence-electron chi connectivity index (χ1n) is 6.95. The average Bonchev–Trinajstić information content (AvgIpc) is 2.89. The first kappa shape index (κ1) is 13.5. The first-order valence-corrected chi connectivity index (χ1v) is 6.95. The molecule has 21 heavy (non-hydrogen) atoms. The minimum atomic E-state index is -0.153. The number of hydrogen-bond acceptors (Lipinski definition) is 4. The highest BCUT2D eigenvalue weighted by atomic mass is 16.5. The molecule has 1 aliphatic heterocycles. The smallest absolute Gasteiger partial charge is 0.252 e. The lowest BCUT2D eigenvalue weighted by Crippen LogP contribution is -2.23. The second-order valence-corrected chi connectivity index (χ2v) is 4.93. The van der Waals surface area contributed by atoms with Crippen LogP contribution in [0.2, 0.25) is 0 Å². The monoisotopic (exact) mass is 287 g/mol. The van der Waals surface area contributed by atoms with E-state index in [1.54, 1.807) is 18.4 Å². The summed E-state index contributed by atoms with van der Waals surface area (Å²) in [7, 11) is 0. The zero-order chi connectivity index (χ0) is 14.7. The molecule has 1 aromatic carbocycles. The van der Waals surface area contributed by atoms with Crippen molar-refractivity contribution in [2.75, 3.05) is 13.2 Å². The summed E-state index contributed by atoms with van der Waals surface area (Å²) in [5.41, 5.74) is 1.45. The van der Waals surface area contributed by atoms with Gasteiger partial charge in [0.2, 0.25) is 0 Å². The van der Waals surface area contributed by atoms with Crippen LogP contribution in [-0.2, 0) is 6.54 Å². The molecule has 0 bridgehead atoms. The standard InChI is InChI=1S/C16H17NO4/c1-11-8-14-15(21-7-3-6-20-14)9-13(11)16(18)17-10-12-4-2-5-19-12/h2,4-5,8-9H,3,6-7,10H2,1H3,(H,17,18). The van der Waals surface area contributed by atoms with Crippen molar-refractivity contribution in [1.29, 1.82) is 0 Å². The Labute approximate surface area is 122 Å². The Hall–Kier alpha value is -2.43. The Morgan fingerprint density at radius 3 is 2.71 bits per heavy atom. The maximum atomic E-state index is 12.3. The number of nitrogens with one attached hydrogen (secondary N) is 1. The van der Waals surface area contributed by atoms with Gasteiger partial charge in [0.1, 0.15) is 5.76 Å². The Morgan fingerprint density at radius 1 is 1.24 bits per heavy atom. The van der Waals surface area contributed by atoms with Crippen LogP contribution in [0.1, 0.15) is 28.1 Å². The van der Waals surface area contributed by atoms with E-state index >= 15 is 0 Å². The summed E-state index contributed by atoms with van der Waals surface area (Å²) in [6.45, 7) is 3.48. The number of furan rings is 1. The quantitative estimate of drug-likeness (QED) is 0.943. The molecule has 1 amide bonds. The number of fused-ring (bicyclic) bond motifs is 1. The van der Waals surface area contributed by atoms with Gasteiger partial charge in [-0.2, -0.15) is 0 Å². The van der Waals surface area contributed by atoms with Crippen molar-refractivity contribution in [3.63, 3.8) is 0 Å². The second-order valence-electron chi connectivity index (χ2n) is 4.93. The van der Waals surface area contributed by atoms with Crippen molar-refractivity contribution in [2.45, 2.75) is 19.9 Å². The third-order valence-corrected chi connectivity index (χ3v) is 3.34. The summed E-state index contributed by atoms with van der Waals surface area (Å²) in [4.78, 5) is 12.3. The number of carbonyl (C=O) groups excluding carboxylic acids is 1. The van der Waals surface area contributed by atoms with Crippen molar-refractivity contribution in [3.05, 3.63) is 47.4 Å². The van der Waals surface area contributed by atoms with Gasteiger partial charge in [0.05, 0.1) is 26.0 Å². The summed E-state index contributed by atoms with van der Waals surface area (Å²) >= 11 is 0. The number of rotatable bonds is 3. The van der Waals surface area contributed by atoms with E-state index in [0.717, 1.165) is 17.7 Å². The zero-order valence-electron chi connectivity index (χ0n) is 11.8. The molecule has 1 aliphatic rings. The van der Waals surface area contributed by atoms with Crippen LogP contribution >= 0.6 is 0 Å². The summed E-state index contributed by atoms with van der Waals surface area (Å²) < 4.78 is 16.4. The third kappa shape index (κ3) is 3.02. The molecule has 0 spiro atoms. The van der Waals surface area contributed by atoms with Crippen molar-refractivity contribution >= 4 is 5.91 Å². The summed E-state index contributed by atoms with van der Waals surface area (Å²) in [5, 5.41) is 2.84. The van der Waals surface area contributed by atoms with E-state index in [0.29, 0.717) is 36.8 Å². The molecule has 1 N–H and O–H groups in total. The molecule has 5 heteroatoms. The molecule has 0 radical (unpaired) electrons. The molecule has 0 aliphatic carbocycles. The highest BCUT2D eigenvalue weighted by Crippen LogP contribution is 2.32. The fourth-order valence-corrected chi connectivity index (χ4v) is 2.23. The number of benzene rings is 1. The maximum Gasteiger partial charge on any atom is 0.252 e. The van der Waals surface area contributed by atoms with E-state index in [4.69, 9.17) is 13.9 Å². The minimum absolute atomic E-state index is 0.153. The van der Waals surface area contributed by atoms with Gasteiger partial charge in [0.15, 0.2) is 11.5 Å². The van der Waals surface area contributed by atoms with Crippen LogP contribution in [0.4, 0.5) is 0 Å². The average molecular weight is 287 g/mol. The molecule has 1 aromatic heterocycles. The largest absolute Gasteiger partial charge is 0.490 e. The lowest BCUT2D eigenvalue weighted by Gasteiger charge is -2.12. The summed E-state index contributed by atoms with van der Waals surface area (Å²) in [6.07, 6.45) is 2.42. The number of amides is 1. The molecule has 2 aromatic rings. The fraction of sp³-hybridized carbons (Fsp3) is 0.312. The van der Waals surface area contributed by atoms with Gasteiger partial charge in [-0.05, 0) is 36.8 Å². The SMILES string of the molecule is Cc1cc2c(cc1C(=O)NCc1ccco1)OCCCO2. The molecule has 0 fully saturated rings. The molecule has 110 valence electrons. The number of carbonyl (C=O) groups is 1. The predicted molar refractivity (Wildman–Crippen MR) is 76.7 cm³/mol. The van der Waals surface area contributed by atoms with Gasteiger partial charge in [0.25, 0.3) is 5.91 Å². The summed E-state index contributed by atoms with van der Waals surface area (Å²) in [6, 6.07) is 7.21. The molecule has 0 unspecified atom stereocenters. The highest BCUT2D eigenvalue weighted by molar-refractivity contribution is 5.96. The van der Waals surface area contributed by atoms with E-state index in [2.05, 4.69) is 5.32 Å². The van der Waals surface area contributed by atoms with Gasteiger partial charge in [-0.15, -0.1) is 0 Å². The Bertz CT molecular complexity index is 634. The van der Waals surface area contributed by atoms with Crippen LogP contribution in [0, 0.1) is 6.92 Å². The topological polar surface area (TPSA) is 60.7 Å². The van der Waals surface area contributed by atoms with E-state index in [1.807, 2.05) is 19.1 Å². The van der Waals surface area contributed by atoms with Gasteiger partial charge < -0.3 is 19.2 Å². The van der Waals surface area contributed by atoms with Crippen LogP contribution in [0.3, 0.4) is 0 Å². The number of hydrogen-bond donors (Lipinski definition) is 1. The molecular formula is C16H17NO4. The zero-order valence-corrected chi connectivity index (χ0v) is 11.8. The van der Waals surface area contributed by atoms with Crippen LogP contribution in [-0.4, -0.2) is 19.1 Å². The third-order valence-electron chi connectivity index (χ3n) is 3.34. The van der Waals surface area contributed by atoms with Crippen LogP contribution < -0.4 is 14.8 Å². The highest BCUT2D eigenvalue weighted by Gasteiger charge is 2.17. The van der Waals surface area contributed by atoms with E-state index < -0.39 is 0 Å². The molecule has 3 rings (SSSR count). The molecule has 5 nitrogen and oxygen atoms in total. The van der Waals surface area contributed by atoms with Crippen molar-refractivity contribution < 1.29 is 18.7 Å². The van der Waals surface area contributed by atoms with Crippen molar-refractivity contribution in [1.82, 2.24) is 5.32 Å². The number of ether oxygens (including phenoxy) is 2. The second kappa shape index (κ2) is 5.91. The molecule has 2 heterocycles. The van der Waals surface area contributed by atoms with E-state index in [9.17, 15) is 4.79 Å². The van der Waals surface area contributed by atoms with Gasteiger partial charge in [0, 0.05) is 12.0 Å². The van der Waals surface area contributed by atoms with Crippen molar-refractivity contribution in [3.8, 4) is 11.5 Å². The van der Waals surface area contributed by atoms with Gasteiger partial charge in [-0.3, -0.25) is 4.79 Å². The lowest BCUT2D eigenvalue weighted by molar-refractivity contribution is 0.0947. The van der Waals surface area contributed by atoms with Gasteiger partial charge in [-0.25, -0.2) is 0 Å². The van der Waals surface area contributed by atoms with Crippen LogP contribution in [0.5, 0.6) is 11.5 Å². The molecule has 0 saturated heterocycles. The Morgan fingerprint density at radius 2 is 2.00 bits per heavy atom. The normalized spacial score (nSPS) is 13.6. The van der Waals surface area contributed by atoms with Crippen molar-refractivity contribution in [2.24, 2.45) is 0 Å². The predicted octanol–water partition coefficient (Wildman–Crippen LogP) is 2.68. The van der Waals surface area contributed by atoms with Gasteiger partial charge in [-0.1, -0.05) is 0 Å². The fourth-order valence-electron chi connectivity index (χ4n) is 2.23. The lowest BCUT2D eigenvalue weighted by atomic mass is 10.1. The molecular weight excluding hydrogens is 270 g/mol. The van der Waals surface area contributed by atoms with Crippen LogP contribution in [0.15, 0.2) is 34.9 Å². The van der Waals surface area contributed by atoms with Gasteiger partial charge >= 0.3 is 0 Å². The Balaban J connectivity index is 1.77. The maximum absolute atomic E-state index is 12.3. The molecule has 0 atom stereocenters. The van der Waals surface area contributed by atoms with E-state index in [-0.39, 0.29) is 5.91 Å². The first-order chi connectivity index (χ1) is 10.2. The van der Waals surface area contributed by atoms with Crippen LogP contribution in [0.25, 0.3) is 0 Å². The molecule has 0 saturated carbocycles. The summed E-state index contributed by atoms with van der Waals surface area (Å²) in [5.74, 6) is 1.89. The number of aryl methyl sites for hydroxylation is 1. The Kier molecular flexibility index (Phi) is 3.81. The minimum Gasteiger partial charge on any atom is -0.490 e. The van der Waals surface area contributed by atoms with E-state index in [1.165, 1.54) is 0 Å².